The van der Waals surface area contributed by atoms with Gasteiger partial charge in [-0.15, -0.1) is 0 Å². The highest BCUT2D eigenvalue weighted by Gasteiger charge is 2.26. The molecule has 8 nitrogen and oxygen atoms in total. The Morgan fingerprint density at radius 1 is 0.943 bits per heavy atom. The maximum atomic E-state index is 12.9. The van der Waals surface area contributed by atoms with Gasteiger partial charge in [0, 0.05) is 35.9 Å². The zero-order chi connectivity index (χ0) is 25.2. The number of piperidine rings is 1. The zero-order valence-corrected chi connectivity index (χ0v) is 20.8. The van der Waals surface area contributed by atoms with E-state index in [0.29, 0.717) is 48.5 Å². The predicted molar refractivity (Wildman–Crippen MR) is 133 cm³/mol. The van der Waals surface area contributed by atoms with Gasteiger partial charge in [0.15, 0.2) is 5.76 Å². The Balaban J connectivity index is 1.34. The highest BCUT2D eigenvalue weighted by atomic mass is 32.2. The van der Waals surface area contributed by atoms with Crippen LogP contribution in [0, 0.1) is 20.8 Å². The summed E-state index contributed by atoms with van der Waals surface area (Å²) in [5, 5.41) is 2.98. The fourth-order valence-corrected chi connectivity index (χ4v) is 5.54. The van der Waals surface area contributed by atoms with E-state index in [0.717, 1.165) is 11.1 Å². The van der Waals surface area contributed by atoms with Crippen molar-refractivity contribution in [2.75, 3.05) is 17.8 Å². The van der Waals surface area contributed by atoms with Gasteiger partial charge in [-0.1, -0.05) is 12.1 Å². The minimum atomic E-state index is -3.74. The number of hydrogen-bond donors (Lipinski definition) is 2. The van der Waals surface area contributed by atoms with Gasteiger partial charge in [0.25, 0.3) is 21.8 Å². The Morgan fingerprint density at radius 2 is 1.63 bits per heavy atom. The van der Waals surface area contributed by atoms with Crippen molar-refractivity contribution in [3.63, 3.8) is 0 Å². The van der Waals surface area contributed by atoms with Crippen molar-refractivity contribution in [3.8, 4) is 0 Å². The fraction of sp³-hybridized carbons (Fsp3) is 0.308. The van der Waals surface area contributed by atoms with Gasteiger partial charge < -0.3 is 14.6 Å². The van der Waals surface area contributed by atoms with E-state index < -0.39 is 10.0 Å². The van der Waals surface area contributed by atoms with Crippen LogP contribution >= 0.6 is 0 Å². The third-order valence-electron chi connectivity index (χ3n) is 6.20. The van der Waals surface area contributed by atoms with Crippen LogP contribution in [0.15, 0.2) is 64.1 Å². The first-order chi connectivity index (χ1) is 16.6. The topological polar surface area (TPSA) is 109 Å². The van der Waals surface area contributed by atoms with E-state index in [9.17, 15) is 18.0 Å². The van der Waals surface area contributed by atoms with E-state index >= 15 is 0 Å². The molecule has 1 saturated heterocycles. The molecule has 4 rings (SSSR count). The van der Waals surface area contributed by atoms with E-state index in [2.05, 4.69) is 10.0 Å². The molecule has 0 atom stereocenters. The Kier molecular flexibility index (Phi) is 6.98. The molecule has 0 unspecified atom stereocenters. The standard InChI is InChI=1S/C26H29N3O5S/c1-17-4-5-18(2)23(16-17)35(32,33)28-22-8-6-20(7-9-22)26(31)29-13-10-21(11-14-29)27-25(30)24-19(3)12-15-34-24/h4-9,12,15-16,21,28H,10-11,13-14H2,1-3H3,(H,27,30). The molecule has 3 aromatic rings. The van der Waals surface area contributed by atoms with Gasteiger partial charge in [-0.2, -0.15) is 0 Å². The van der Waals surface area contributed by atoms with Crippen LogP contribution in [-0.2, 0) is 10.0 Å². The summed E-state index contributed by atoms with van der Waals surface area (Å²) in [5.74, 6) is -0.0476. The van der Waals surface area contributed by atoms with Crippen molar-refractivity contribution in [3.05, 3.63) is 82.8 Å². The molecule has 9 heteroatoms. The summed E-state index contributed by atoms with van der Waals surface area (Å²) < 4.78 is 33.5. The maximum absolute atomic E-state index is 12.9. The lowest BCUT2D eigenvalue weighted by Gasteiger charge is -2.32. The quantitative estimate of drug-likeness (QED) is 0.537. The van der Waals surface area contributed by atoms with Gasteiger partial charge >= 0.3 is 0 Å². The number of furan rings is 1. The summed E-state index contributed by atoms with van der Waals surface area (Å²) in [6, 6.07) is 13.4. The van der Waals surface area contributed by atoms with E-state index in [1.807, 2.05) is 19.9 Å². The molecule has 1 fully saturated rings. The van der Waals surface area contributed by atoms with Crippen molar-refractivity contribution < 1.29 is 22.4 Å². The SMILES string of the molecule is Cc1ccc(C)c(S(=O)(=O)Nc2ccc(C(=O)N3CCC(NC(=O)c4occc4C)CC3)cc2)c1. The van der Waals surface area contributed by atoms with Gasteiger partial charge in [0.2, 0.25) is 0 Å². The van der Waals surface area contributed by atoms with Crippen LogP contribution < -0.4 is 10.0 Å². The van der Waals surface area contributed by atoms with Crippen LogP contribution in [0.1, 0.15) is 50.4 Å². The Bertz CT molecular complexity index is 1340. The summed E-state index contributed by atoms with van der Waals surface area (Å²) in [5.41, 5.74) is 3.17. The molecule has 1 aliphatic heterocycles. The predicted octanol–water partition coefficient (Wildman–Crippen LogP) is 4.04. The molecule has 0 aliphatic carbocycles. The molecular weight excluding hydrogens is 466 g/mol. The highest BCUT2D eigenvalue weighted by Crippen LogP contribution is 2.22. The number of rotatable bonds is 6. The number of likely N-dealkylation sites (tertiary alicyclic amines) is 1. The van der Waals surface area contributed by atoms with E-state index in [4.69, 9.17) is 4.42 Å². The number of amides is 2. The molecule has 2 heterocycles. The molecule has 0 radical (unpaired) electrons. The van der Waals surface area contributed by atoms with E-state index in [-0.39, 0.29) is 22.8 Å². The summed E-state index contributed by atoms with van der Waals surface area (Å²) in [6.07, 6.45) is 2.78. The molecule has 1 aliphatic rings. The normalized spacial score (nSPS) is 14.5. The molecule has 1 aromatic heterocycles. The van der Waals surface area contributed by atoms with Gasteiger partial charge in [0.1, 0.15) is 0 Å². The first-order valence-corrected chi connectivity index (χ1v) is 13.0. The number of sulfonamides is 1. The third-order valence-corrected chi connectivity index (χ3v) is 7.73. The number of nitrogens with zero attached hydrogens (tertiary/aromatic N) is 1. The Hall–Kier alpha value is -3.59. The molecule has 35 heavy (non-hydrogen) atoms. The number of aryl methyl sites for hydroxylation is 3. The monoisotopic (exact) mass is 495 g/mol. The molecule has 0 bridgehead atoms. The zero-order valence-electron chi connectivity index (χ0n) is 20.0. The van der Waals surface area contributed by atoms with Crippen LogP contribution in [-0.4, -0.2) is 44.3 Å². The number of anilines is 1. The van der Waals surface area contributed by atoms with Gasteiger partial charge in [-0.05, 0) is 81.1 Å². The van der Waals surface area contributed by atoms with Crippen LogP contribution in [0.2, 0.25) is 0 Å². The second kappa shape index (κ2) is 9.95. The van der Waals surface area contributed by atoms with Gasteiger partial charge in [-0.25, -0.2) is 8.42 Å². The van der Waals surface area contributed by atoms with Crippen molar-refractivity contribution in [1.29, 1.82) is 0 Å². The molecule has 2 amide bonds. The number of benzene rings is 2. The fourth-order valence-electron chi connectivity index (χ4n) is 4.15. The first-order valence-electron chi connectivity index (χ1n) is 11.5. The first kappa shape index (κ1) is 24.5. The van der Waals surface area contributed by atoms with Crippen LogP contribution in [0.4, 0.5) is 5.69 Å². The van der Waals surface area contributed by atoms with Crippen LogP contribution in [0.3, 0.4) is 0 Å². The summed E-state index contributed by atoms with van der Waals surface area (Å²) in [7, 11) is -3.74. The number of nitrogens with one attached hydrogen (secondary N) is 2. The van der Waals surface area contributed by atoms with E-state index in [1.165, 1.54) is 6.26 Å². The summed E-state index contributed by atoms with van der Waals surface area (Å²) >= 11 is 0. The molecule has 2 aromatic carbocycles. The van der Waals surface area contributed by atoms with E-state index in [1.54, 1.807) is 54.3 Å². The number of carbonyl (C=O) groups is 2. The highest BCUT2D eigenvalue weighted by molar-refractivity contribution is 7.92. The van der Waals surface area contributed by atoms with Gasteiger partial charge in [0.05, 0.1) is 11.2 Å². The second-order valence-corrected chi connectivity index (χ2v) is 10.6. The van der Waals surface area contributed by atoms with Crippen LogP contribution in [0.5, 0.6) is 0 Å². The minimum absolute atomic E-state index is 0.0297. The van der Waals surface area contributed by atoms with Crippen molar-refractivity contribution in [1.82, 2.24) is 10.2 Å². The Morgan fingerprint density at radius 3 is 2.26 bits per heavy atom. The molecule has 0 saturated carbocycles. The van der Waals surface area contributed by atoms with Crippen LogP contribution in [0.25, 0.3) is 0 Å². The Labute approximate surface area is 205 Å². The minimum Gasteiger partial charge on any atom is -0.459 e. The van der Waals surface area contributed by atoms with Gasteiger partial charge in [-0.3, -0.25) is 14.3 Å². The lowest BCUT2D eigenvalue weighted by Crippen LogP contribution is -2.46. The number of hydrogen-bond acceptors (Lipinski definition) is 5. The molecule has 2 N–H and O–H groups in total. The third kappa shape index (κ3) is 5.57. The van der Waals surface area contributed by atoms with Crippen molar-refractivity contribution in [2.24, 2.45) is 0 Å². The summed E-state index contributed by atoms with van der Waals surface area (Å²) in [6.45, 7) is 6.45. The second-order valence-electron chi connectivity index (χ2n) is 8.92. The number of carbonyl (C=O) groups excluding carboxylic acids is 2. The van der Waals surface area contributed by atoms with Crippen molar-refractivity contribution in [2.45, 2.75) is 44.6 Å². The smallest absolute Gasteiger partial charge is 0.287 e. The average Bonchev–Trinajstić information content (AvgIpc) is 3.27. The van der Waals surface area contributed by atoms with Crippen molar-refractivity contribution >= 4 is 27.5 Å². The molecule has 184 valence electrons. The lowest BCUT2D eigenvalue weighted by molar-refractivity contribution is 0.0695. The average molecular weight is 496 g/mol. The summed E-state index contributed by atoms with van der Waals surface area (Å²) in [4.78, 5) is 27.3. The lowest BCUT2D eigenvalue weighted by atomic mass is 10.0. The molecule has 0 spiro atoms. The largest absolute Gasteiger partial charge is 0.459 e. The molecular formula is C26H29N3O5S. The maximum Gasteiger partial charge on any atom is 0.287 e.